The van der Waals surface area contributed by atoms with E-state index in [0.29, 0.717) is 6.54 Å². The van der Waals surface area contributed by atoms with Crippen LogP contribution in [0.3, 0.4) is 0 Å². The summed E-state index contributed by atoms with van der Waals surface area (Å²) in [6.45, 7) is 3.49. The Balaban J connectivity index is 2.10. The Bertz CT molecular complexity index is 838. The van der Waals surface area contributed by atoms with E-state index in [1.807, 2.05) is 18.2 Å². The minimum atomic E-state index is -0.518. The van der Waals surface area contributed by atoms with Gasteiger partial charge in [-0.15, -0.1) is 0 Å². The molecule has 5 heteroatoms. The first-order chi connectivity index (χ1) is 10.7. The second-order valence-electron chi connectivity index (χ2n) is 5.39. The van der Waals surface area contributed by atoms with E-state index < -0.39 is 6.03 Å². The predicted molar refractivity (Wildman–Crippen MR) is 86.9 cm³/mol. The van der Waals surface area contributed by atoms with Crippen molar-refractivity contribution in [1.29, 1.82) is 0 Å². The topological polar surface area (TPSA) is 57.5 Å². The highest BCUT2D eigenvalue weighted by Gasteiger charge is 2.12. The van der Waals surface area contributed by atoms with Crippen LogP contribution in [0.15, 0.2) is 42.5 Å². The van der Waals surface area contributed by atoms with E-state index in [4.69, 9.17) is 5.21 Å². The van der Waals surface area contributed by atoms with Crippen LogP contribution in [-0.2, 0) is 13.1 Å². The van der Waals surface area contributed by atoms with Crippen LogP contribution in [0.25, 0.3) is 21.8 Å². The minimum absolute atomic E-state index is 0.438. The molecule has 0 radical (unpaired) electrons. The number of rotatable bonds is 3. The number of carbonyl (C=O) groups is 1. The number of carbonyl (C=O) groups excluding carboxylic acids is 1. The van der Waals surface area contributed by atoms with Crippen LogP contribution >= 0.6 is 0 Å². The van der Waals surface area contributed by atoms with E-state index in [2.05, 4.69) is 35.8 Å². The Hall–Kier alpha value is -2.53. The van der Waals surface area contributed by atoms with Gasteiger partial charge in [-0.2, -0.15) is 0 Å². The van der Waals surface area contributed by atoms with E-state index in [9.17, 15) is 4.79 Å². The predicted octanol–water partition coefficient (Wildman–Crippen LogP) is 3.35. The van der Waals surface area contributed by atoms with Gasteiger partial charge in [0.25, 0.3) is 0 Å². The van der Waals surface area contributed by atoms with Crippen LogP contribution in [0.2, 0.25) is 0 Å². The molecular weight excluding hydrogens is 278 g/mol. The zero-order valence-corrected chi connectivity index (χ0v) is 12.7. The first-order valence-corrected chi connectivity index (χ1v) is 7.30. The largest absolute Gasteiger partial charge is 0.341 e. The van der Waals surface area contributed by atoms with Crippen molar-refractivity contribution < 1.29 is 10.0 Å². The number of hydrogen-bond donors (Lipinski definition) is 2. The van der Waals surface area contributed by atoms with Crippen LogP contribution in [0.5, 0.6) is 0 Å². The van der Waals surface area contributed by atoms with Gasteiger partial charge in [-0.05, 0) is 30.7 Å². The summed E-state index contributed by atoms with van der Waals surface area (Å²) in [7, 11) is 1.64. The quantitative estimate of drug-likeness (QED) is 0.575. The maximum atomic E-state index is 11.4. The number of para-hydroxylation sites is 1. The number of amides is 2. The Labute approximate surface area is 128 Å². The lowest BCUT2D eigenvalue weighted by atomic mass is 10.1. The summed E-state index contributed by atoms with van der Waals surface area (Å²) in [5.74, 6) is 0. The summed E-state index contributed by atoms with van der Waals surface area (Å²) in [4.78, 5) is 12.8. The van der Waals surface area contributed by atoms with Crippen LogP contribution < -0.4 is 5.48 Å². The van der Waals surface area contributed by atoms with Gasteiger partial charge in [-0.3, -0.25) is 5.21 Å². The summed E-state index contributed by atoms with van der Waals surface area (Å²) in [5.41, 5.74) is 5.09. The Morgan fingerprint density at radius 1 is 1.18 bits per heavy atom. The molecule has 22 heavy (non-hydrogen) atoms. The van der Waals surface area contributed by atoms with Crippen LogP contribution in [0.1, 0.15) is 12.5 Å². The van der Waals surface area contributed by atoms with Crippen LogP contribution in [-0.4, -0.2) is 27.8 Å². The van der Waals surface area contributed by atoms with Crippen LogP contribution in [0.4, 0.5) is 4.79 Å². The summed E-state index contributed by atoms with van der Waals surface area (Å²) in [5, 5.41) is 11.1. The lowest BCUT2D eigenvalue weighted by molar-refractivity contribution is 0.134. The lowest BCUT2D eigenvalue weighted by Crippen LogP contribution is -2.34. The van der Waals surface area contributed by atoms with Gasteiger partial charge in [0.15, 0.2) is 0 Å². The molecule has 5 nitrogen and oxygen atoms in total. The zero-order chi connectivity index (χ0) is 15.7. The summed E-state index contributed by atoms with van der Waals surface area (Å²) < 4.78 is 2.29. The van der Waals surface area contributed by atoms with Crippen molar-refractivity contribution in [3.63, 3.8) is 0 Å². The van der Waals surface area contributed by atoms with Crippen molar-refractivity contribution >= 4 is 27.8 Å². The Morgan fingerprint density at radius 2 is 1.91 bits per heavy atom. The van der Waals surface area contributed by atoms with Gasteiger partial charge >= 0.3 is 6.03 Å². The molecule has 3 rings (SSSR count). The molecule has 114 valence electrons. The molecule has 1 heterocycles. The molecule has 0 unspecified atom stereocenters. The number of hydrogen-bond acceptors (Lipinski definition) is 2. The second-order valence-corrected chi connectivity index (χ2v) is 5.39. The molecule has 0 aliphatic carbocycles. The normalized spacial score (nSPS) is 11.0. The van der Waals surface area contributed by atoms with E-state index in [0.717, 1.165) is 12.1 Å². The highest BCUT2D eigenvalue weighted by molar-refractivity contribution is 6.08. The van der Waals surface area contributed by atoms with Gasteiger partial charge in [0.1, 0.15) is 0 Å². The van der Waals surface area contributed by atoms with Crippen molar-refractivity contribution in [1.82, 2.24) is 14.9 Å². The number of urea groups is 1. The van der Waals surface area contributed by atoms with Crippen molar-refractivity contribution in [2.24, 2.45) is 0 Å². The summed E-state index contributed by atoms with van der Waals surface area (Å²) in [6, 6.07) is 14.1. The van der Waals surface area contributed by atoms with Gasteiger partial charge < -0.3 is 9.47 Å². The average molecular weight is 297 g/mol. The summed E-state index contributed by atoms with van der Waals surface area (Å²) in [6.07, 6.45) is 0. The smallest absolute Gasteiger partial charge is 0.341 e. The molecule has 2 amide bonds. The molecular formula is C17H19N3O2. The Morgan fingerprint density at radius 3 is 2.64 bits per heavy atom. The number of nitrogens with one attached hydrogen (secondary N) is 1. The fraction of sp³-hybridized carbons (Fsp3) is 0.235. The number of aryl methyl sites for hydroxylation is 1. The monoisotopic (exact) mass is 297 g/mol. The van der Waals surface area contributed by atoms with E-state index in [1.54, 1.807) is 12.5 Å². The molecule has 0 fully saturated rings. The van der Waals surface area contributed by atoms with Gasteiger partial charge in [-0.1, -0.05) is 24.3 Å². The number of hydroxylamine groups is 1. The third-order valence-electron chi connectivity index (χ3n) is 4.02. The third kappa shape index (κ3) is 2.29. The second kappa shape index (κ2) is 5.69. The van der Waals surface area contributed by atoms with Crippen LogP contribution in [0, 0.1) is 0 Å². The molecule has 3 aromatic rings. The molecule has 0 saturated heterocycles. The van der Waals surface area contributed by atoms with E-state index in [-0.39, 0.29) is 0 Å². The molecule has 0 aliphatic heterocycles. The molecule has 2 N–H and O–H groups in total. The summed E-state index contributed by atoms with van der Waals surface area (Å²) >= 11 is 0. The fourth-order valence-corrected chi connectivity index (χ4v) is 2.97. The van der Waals surface area contributed by atoms with Crippen molar-refractivity contribution in [3.8, 4) is 0 Å². The number of nitrogens with zero attached hydrogens (tertiary/aromatic N) is 2. The van der Waals surface area contributed by atoms with Gasteiger partial charge in [0.2, 0.25) is 0 Å². The first kappa shape index (κ1) is 14.4. The average Bonchev–Trinajstić information content (AvgIpc) is 2.87. The number of fused-ring (bicyclic) bond motifs is 3. The molecule has 0 saturated carbocycles. The third-order valence-corrected chi connectivity index (χ3v) is 4.02. The maximum absolute atomic E-state index is 11.4. The van der Waals surface area contributed by atoms with Gasteiger partial charge in [0, 0.05) is 41.9 Å². The molecule has 0 bridgehead atoms. The van der Waals surface area contributed by atoms with Gasteiger partial charge in [-0.25, -0.2) is 10.3 Å². The maximum Gasteiger partial charge on any atom is 0.341 e. The van der Waals surface area contributed by atoms with E-state index in [1.165, 1.54) is 26.7 Å². The van der Waals surface area contributed by atoms with Crippen molar-refractivity contribution in [2.75, 3.05) is 7.05 Å². The standard InChI is InChI=1S/C17H19N3O2/c1-3-20-15-7-5-4-6-13(15)14-10-12(8-9-16(14)20)11-19(2)17(21)18-22/h4-10,22H,3,11H2,1-2H3,(H,18,21). The van der Waals surface area contributed by atoms with Crippen molar-refractivity contribution in [3.05, 3.63) is 48.0 Å². The first-order valence-electron chi connectivity index (χ1n) is 7.30. The van der Waals surface area contributed by atoms with Gasteiger partial charge in [0.05, 0.1) is 0 Å². The molecule has 0 atom stereocenters. The molecule has 0 spiro atoms. The van der Waals surface area contributed by atoms with E-state index >= 15 is 0 Å². The van der Waals surface area contributed by atoms with Crippen molar-refractivity contribution in [2.45, 2.75) is 20.0 Å². The lowest BCUT2D eigenvalue weighted by Gasteiger charge is -2.15. The molecule has 1 aromatic heterocycles. The minimum Gasteiger partial charge on any atom is -0.341 e. The number of aromatic nitrogens is 1. The number of benzene rings is 2. The highest BCUT2D eigenvalue weighted by atomic mass is 16.5. The fourth-order valence-electron chi connectivity index (χ4n) is 2.97. The zero-order valence-electron chi connectivity index (χ0n) is 12.7. The Kier molecular flexibility index (Phi) is 3.73. The molecule has 0 aliphatic rings. The highest BCUT2D eigenvalue weighted by Crippen LogP contribution is 2.29. The molecule has 2 aromatic carbocycles. The SMILES string of the molecule is CCn1c2ccccc2c2cc(CN(C)C(=O)NO)ccc21.